The summed E-state index contributed by atoms with van der Waals surface area (Å²) in [4.78, 5) is 0.330. The highest BCUT2D eigenvalue weighted by Gasteiger charge is 2.31. The summed E-state index contributed by atoms with van der Waals surface area (Å²) in [5, 5.41) is 0. The van der Waals surface area contributed by atoms with Crippen molar-refractivity contribution in [1.29, 1.82) is 0 Å². The zero-order valence-corrected chi connectivity index (χ0v) is 12.1. The van der Waals surface area contributed by atoms with Crippen molar-refractivity contribution in [3.63, 3.8) is 0 Å². The monoisotopic (exact) mass is 284 g/mol. The van der Waals surface area contributed by atoms with Crippen LogP contribution >= 0.6 is 0 Å². The maximum atomic E-state index is 12.6. The summed E-state index contributed by atoms with van der Waals surface area (Å²) in [5.74, 6) is 0. The van der Waals surface area contributed by atoms with Gasteiger partial charge in [0.2, 0.25) is 10.0 Å². The molecule has 0 aliphatic carbocycles. The van der Waals surface area contributed by atoms with Crippen molar-refractivity contribution in [3.8, 4) is 0 Å². The van der Waals surface area contributed by atoms with Gasteiger partial charge in [0.1, 0.15) is 0 Å². The maximum Gasteiger partial charge on any atom is 0.243 e. The fourth-order valence-electron chi connectivity index (χ4n) is 2.26. The normalized spacial score (nSPS) is 21.5. The Bertz CT molecular complexity index is 557. The first-order valence-corrected chi connectivity index (χ1v) is 7.80. The van der Waals surface area contributed by atoms with Gasteiger partial charge >= 0.3 is 0 Å². The van der Waals surface area contributed by atoms with Crippen molar-refractivity contribution < 1.29 is 13.2 Å². The van der Waals surface area contributed by atoms with E-state index < -0.39 is 10.0 Å². The first-order chi connectivity index (χ1) is 8.96. The number of morpholine rings is 1. The highest BCUT2D eigenvalue weighted by Crippen LogP contribution is 2.22. The third kappa shape index (κ3) is 2.81. The summed E-state index contributed by atoms with van der Waals surface area (Å²) in [6.07, 6.45) is 0. The smallest absolute Gasteiger partial charge is 0.243 e. The van der Waals surface area contributed by atoms with Crippen LogP contribution in [0.15, 0.2) is 23.1 Å². The standard InChI is InChI=1S/C13H20N2O3S/c1-10-7-13(4-3-12(10)8-14)19(16,17)15-5-6-18-9-11(15)2/h3-4,7,11H,5-6,8-9,14H2,1-2H3. The molecular formula is C13H20N2O3S. The molecule has 0 aromatic heterocycles. The molecule has 1 heterocycles. The van der Waals surface area contributed by atoms with E-state index in [1.165, 1.54) is 4.31 Å². The van der Waals surface area contributed by atoms with Crippen molar-refractivity contribution in [2.45, 2.75) is 31.3 Å². The van der Waals surface area contributed by atoms with Crippen molar-refractivity contribution in [2.75, 3.05) is 19.8 Å². The molecule has 1 fully saturated rings. The number of benzene rings is 1. The molecule has 0 radical (unpaired) electrons. The molecule has 2 N–H and O–H groups in total. The van der Waals surface area contributed by atoms with Gasteiger partial charge in [-0.05, 0) is 37.1 Å². The molecule has 1 aliphatic rings. The predicted octanol–water partition coefficient (Wildman–Crippen LogP) is 0.863. The Labute approximate surface area is 114 Å². The van der Waals surface area contributed by atoms with Crippen LogP contribution in [0, 0.1) is 6.92 Å². The zero-order chi connectivity index (χ0) is 14.0. The average molecular weight is 284 g/mol. The number of nitrogens with two attached hydrogens (primary N) is 1. The van der Waals surface area contributed by atoms with Crippen molar-refractivity contribution >= 4 is 10.0 Å². The zero-order valence-electron chi connectivity index (χ0n) is 11.3. The first kappa shape index (κ1) is 14.5. The Morgan fingerprint density at radius 1 is 1.47 bits per heavy atom. The minimum absolute atomic E-state index is 0.131. The van der Waals surface area contributed by atoms with Crippen LogP contribution in [0.1, 0.15) is 18.1 Å². The van der Waals surface area contributed by atoms with Gasteiger partial charge in [-0.25, -0.2) is 8.42 Å². The first-order valence-electron chi connectivity index (χ1n) is 6.36. The molecule has 1 atom stereocenters. The number of sulfonamides is 1. The molecule has 0 bridgehead atoms. The van der Waals surface area contributed by atoms with Crippen molar-refractivity contribution in [1.82, 2.24) is 4.31 Å². The Morgan fingerprint density at radius 3 is 2.79 bits per heavy atom. The second-order valence-electron chi connectivity index (χ2n) is 4.83. The molecule has 1 unspecified atom stereocenters. The number of aryl methyl sites for hydroxylation is 1. The highest BCUT2D eigenvalue weighted by atomic mass is 32.2. The molecule has 0 amide bonds. The molecule has 1 saturated heterocycles. The van der Waals surface area contributed by atoms with Gasteiger partial charge in [-0.3, -0.25) is 0 Å². The number of hydrogen-bond acceptors (Lipinski definition) is 4. The molecule has 0 spiro atoms. The molecule has 5 nitrogen and oxygen atoms in total. The van der Waals surface area contributed by atoms with E-state index in [1.54, 1.807) is 18.2 Å². The van der Waals surface area contributed by atoms with Gasteiger partial charge in [0, 0.05) is 19.1 Å². The topological polar surface area (TPSA) is 72.6 Å². The molecule has 1 aromatic carbocycles. The molecule has 19 heavy (non-hydrogen) atoms. The fourth-order valence-corrected chi connectivity index (χ4v) is 3.95. The van der Waals surface area contributed by atoms with Crippen molar-refractivity contribution in [3.05, 3.63) is 29.3 Å². The Hall–Kier alpha value is -0.950. The summed E-state index contributed by atoms with van der Waals surface area (Å²) in [7, 11) is -3.45. The van der Waals surface area contributed by atoms with Gasteiger partial charge in [0.15, 0.2) is 0 Å². The van der Waals surface area contributed by atoms with Gasteiger partial charge in [-0.1, -0.05) is 6.07 Å². The van der Waals surface area contributed by atoms with Gasteiger partial charge in [-0.2, -0.15) is 4.31 Å². The van der Waals surface area contributed by atoms with E-state index in [2.05, 4.69) is 0 Å². The van der Waals surface area contributed by atoms with Crippen LogP contribution < -0.4 is 5.73 Å². The largest absolute Gasteiger partial charge is 0.378 e. The summed E-state index contributed by atoms with van der Waals surface area (Å²) in [5.41, 5.74) is 7.47. The molecule has 106 valence electrons. The van der Waals surface area contributed by atoms with E-state index in [-0.39, 0.29) is 6.04 Å². The van der Waals surface area contributed by atoms with Crippen molar-refractivity contribution in [2.24, 2.45) is 5.73 Å². The lowest BCUT2D eigenvalue weighted by Crippen LogP contribution is -2.46. The SMILES string of the molecule is Cc1cc(S(=O)(=O)N2CCOCC2C)ccc1CN. The van der Waals surface area contributed by atoms with Crippen LogP contribution in [0.4, 0.5) is 0 Å². The summed E-state index contributed by atoms with van der Waals surface area (Å²) >= 11 is 0. The highest BCUT2D eigenvalue weighted by molar-refractivity contribution is 7.89. The lowest BCUT2D eigenvalue weighted by Gasteiger charge is -2.32. The van der Waals surface area contributed by atoms with Gasteiger partial charge < -0.3 is 10.5 Å². The number of nitrogens with zero attached hydrogens (tertiary/aromatic N) is 1. The van der Waals surface area contributed by atoms with Crippen LogP contribution in [-0.2, 0) is 21.3 Å². The van der Waals surface area contributed by atoms with Crippen LogP contribution in [0.25, 0.3) is 0 Å². The molecule has 1 aliphatic heterocycles. The summed E-state index contributed by atoms with van der Waals surface area (Å²) in [6.45, 7) is 5.45. The maximum absolute atomic E-state index is 12.6. The van der Waals surface area contributed by atoms with E-state index in [4.69, 9.17) is 10.5 Å². The second kappa shape index (κ2) is 5.58. The minimum Gasteiger partial charge on any atom is -0.378 e. The summed E-state index contributed by atoms with van der Waals surface area (Å²) in [6, 6.07) is 4.98. The average Bonchev–Trinajstić information content (AvgIpc) is 2.39. The van der Waals surface area contributed by atoms with Crippen LogP contribution in [0.2, 0.25) is 0 Å². The lowest BCUT2D eigenvalue weighted by molar-refractivity contribution is 0.0393. The fraction of sp³-hybridized carbons (Fsp3) is 0.538. The number of rotatable bonds is 3. The molecule has 6 heteroatoms. The van der Waals surface area contributed by atoms with Crippen LogP contribution in [0.5, 0.6) is 0 Å². The Balaban J connectivity index is 2.36. The minimum atomic E-state index is -3.45. The van der Waals surface area contributed by atoms with Crippen LogP contribution in [0.3, 0.4) is 0 Å². The van der Waals surface area contributed by atoms with E-state index in [0.717, 1.165) is 11.1 Å². The van der Waals surface area contributed by atoms with E-state index >= 15 is 0 Å². The third-order valence-corrected chi connectivity index (χ3v) is 5.46. The molecular weight excluding hydrogens is 264 g/mol. The molecule has 1 aromatic rings. The summed E-state index contributed by atoms with van der Waals surface area (Å²) < 4.78 is 32.0. The second-order valence-corrected chi connectivity index (χ2v) is 6.72. The molecule has 2 rings (SSSR count). The van der Waals surface area contributed by atoms with E-state index in [0.29, 0.717) is 31.2 Å². The third-order valence-electron chi connectivity index (χ3n) is 3.45. The van der Waals surface area contributed by atoms with E-state index in [1.807, 2.05) is 13.8 Å². The Kier molecular flexibility index (Phi) is 4.25. The van der Waals surface area contributed by atoms with Crippen LogP contribution in [-0.4, -0.2) is 38.5 Å². The number of ether oxygens (including phenoxy) is 1. The van der Waals surface area contributed by atoms with Gasteiger partial charge in [0.05, 0.1) is 18.1 Å². The molecule has 0 saturated carbocycles. The van der Waals surface area contributed by atoms with Gasteiger partial charge in [-0.15, -0.1) is 0 Å². The predicted molar refractivity (Wildman–Crippen MR) is 73.2 cm³/mol. The van der Waals surface area contributed by atoms with E-state index in [9.17, 15) is 8.42 Å². The number of hydrogen-bond donors (Lipinski definition) is 1. The lowest BCUT2D eigenvalue weighted by atomic mass is 10.1. The quantitative estimate of drug-likeness (QED) is 0.893. The Morgan fingerprint density at radius 2 is 2.21 bits per heavy atom. The van der Waals surface area contributed by atoms with Gasteiger partial charge in [0.25, 0.3) is 0 Å².